The van der Waals surface area contributed by atoms with E-state index in [2.05, 4.69) is 4.98 Å². The van der Waals surface area contributed by atoms with Crippen molar-refractivity contribution in [3.05, 3.63) is 71.1 Å². The molecule has 0 amide bonds. The Morgan fingerprint density at radius 2 is 1.56 bits per heavy atom. The van der Waals surface area contributed by atoms with Crippen LogP contribution in [0.2, 0.25) is 0 Å². The van der Waals surface area contributed by atoms with E-state index in [4.69, 9.17) is 26.7 Å². The van der Waals surface area contributed by atoms with E-state index in [-0.39, 0.29) is 24.1 Å². The molecule has 0 aliphatic carbocycles. The minimum atomic E-state index is 0. The lowest BCUT2D eigenvalue weighted by atomic mass is 10.1. The number of furan rings is 1. The molecule has 0 aliphatic heterocycles. The van der Waals surface area contributed by atoms with E-state index in [1.807, 2.05) is 48.6 Å². The number of halogens is 1. The third kappa shape index (κ3) is 3.56. The summed E-state index contributed by atoms with van der Waals surface area (Å²) in [5, 5.41) is 17.0. The summed E-state index contributed by atoms with van der Waals surface area (Å²) >= 11 is 0. The van der Waals surface area contributed by atoms with Crippen molar-refractivity contribution >= 4 is 58.1 Å². The first kappa shape index (κ1) is 18.3. The summed E-state index contributed by atoms with van der Waals surface area (Å²) in [6, 6.07) is 15.0. The summed E-state index contributed by atoms with van der Waals surface area (Å²) in [5.41, 5.74) is 15.0. The summed E-state index contributed by atoms with van der Waals surface area (Å²) in [6.45, 7) is 0. The van der Waals surface area contributed by atoms with Gasteiger partial charge in [-0.3, -0.25) is 10.8 Å². The summed E-state index contributed by atoms with van der Waals surface area (Å²) in [5.74, 6) is 0.782. The number of rotatable bonds is 4. The predicted octanol–water partition coefficient (Wildman–Crippen LogP) is 4.07. The molecule has 0 saturated carbocycles. The van der Waals surface area contributed by atoms with Crippen LogP contribution in [0.1, 0.15) is 22.6 Å². The summed E-state index contributed by atoms with van der Waals surface area (Å²) in [7, 11) is 0. The highest BCUT2D eigenvalue weighted by atomic mass is 35.5. The number of aromatic nitrogens is 1. The van der Waals surface area contributed by atoms with E-state index in [9.17, 15) is 0 Å². The van der Waals surface area contributed by atoms with E-state index in [1.165, 1.54) is 0 Å². The van der Waals surface area contributed by atoms with Gasteiger partial charge >= 0.3 is 0 Å². The summed E-state index contributed by atoms with van der Waals surface area (Å²) < 4.78 is 5.81. The van der Waals surface area contributed by atoms with Gasteiger partial charge in [0.05, 0.1) is 0 Å². The fraction of sp³-hybridized carbons (Fsp3) is 0. The minimum absolute atomic E-state index is 0. The highest BCUT2D eigenvalue weighted by molar-refractivity contribution is 5.99. The van der Waals surface area contributed by atoms with E-state index in [0.717, 1.165) is 22.0 Å². The third-order valence-electron chi connectivity index (χ3n) is 4.23. The Morgan fingerprint density at radius 1 is 0.852 bits per heavy atom. The van der Waals surface area contributed by atoms with Crippen molar-refractivity contribution in [1.82, 2.24) is 4.98 Å². The van der Waals surface area contributed by atoms with Gasteiger partial charge < -0.3 is 20.9 Å². The van der Waals surface area contributed by atoms with Crippen LogP contribution in [0.4, 0.5) is 0 Å². The second kappa shape index (κ2) is 7.01. The number of hydrogen-bond donors (Lipinski definition) is 5. The standard InChI is InChI=1S/C20H17N5O.ClH/c21-19(22)12-3-6-17-14(7-12)8-15(25-17)4-5-16-9-11-1-2-13(20(23)24)10-18(11)26-16;/h1-10,25H,(H3,21,22)(H3,23,24);1H/b5-4+;. The molecule has 0 unspecified atom stereocenters. The average Bonchev–Trinajstić information content (AvgIpc) is 3.21. The van der Waals surface area contributed by atoms with Gasteiger partial charge in [0.25, 0.3) is 0 Å². The molecule has 4 rings (SSSR count). The number of nitrogens with one attached hydrogen (secondary N) is 3. The molecule has 0 radical (unpaired) electrons. The summed E-state index contributed by atoms with van der Waals surface area (Å²) in [6.07, 6.45) is 3.81. The highest BCUT2D eigenvalue weighted by Gasteiger charge is 2.05. The molecular formula is C20H18ClN5O. The number of benzene rings is 2. The minimum Gasteiger partial charge on any atom is -0.457 e. The van der Waals surface area contributed by atoms with E-state index in [1.54, 1.807) is 12.1 Å². The normalized spacial score (nSPS) is 11.1. The van der Waals surface area contributed by atoms with Crippen molar-refractivity contribution in [2.45, 2.75) is 0 Å². The SMILES string of the molecule is Cl.N=C(N)c1ccc2[nH]c(/C=C/c3cc4ccc(C(=N)N)cc4o3)cc2c1. The zero-order valence-electron chi connectivity index (χ0n) is 14.2. The zero-order chi connectivity index (χ0) is 18.3. The van der Waals surface area contributed by atoms with Gasteiger partial charge in [0, 0.05) is 33.1 Å². The molecule has 4 aromatic rings. The Labute approximate surface area is 161 Å². The van der Waals surface area contributed by atoms with Crippen LogP contribution in [-0.2, 0) is 0 Å². The van der Waals surface area contributed by atoms with Crippen molar-refractivity contribution in [2.24, 2.45) is 11.5 Å². The molecule has 0 spiro atoms. The van der Waals surface area contributed by atoms with Crippen molar-refractivity contribution in [3.8, 4) is 0 Å². The first-order chi connectivity index (χ1) is 12.5. The molecule has 0 saturated heterocycles. The van der Waals surface area contributed by atoms with Crippen molar-refractivity contribution in [1.29, 1.82) is 10.8 Å². The number of aromatic amines is 1. The van der Waals surface area contributed by atoms with Gasteiger partial charge in [-0.2, -0.15) is 0 Å². The first-order valence-corrected chi connectivity index (χ1v) is 8.03. The fourth-order valence-electron chi connectivity index (χ4n) is 2.89. The lowest BCUT2D eigenvalue weighted by molar-refractivity contribution is 0.604. The predicted molar refractivity (Wildman–Crippen MR) is 113 cm³/mol. The lowest BCUT2D eigenvalue weighted by Gasteiger charge is -1.96. The van der Waals surface area contributed by atoms with Crippen molar-refractivity contribution in [3.63, 3.8) is 0 Å². The Balaban J connectivity index is 0.00000210. The molecule has 0 fully saturated rings. The Hall–Kier alpha value is -3.51. The number of H-pyrrole nitrogens is 1. The maximum absolute atomic E-state index is 7.53. The van der Waals surface area contributed by atoms with E-state index >= 15 is 0 Å². The van der Waals surface area contributed by atoms with Crippen molar-refractivity contribution < 1.29 is 4.42 Å². The second-order valence-electron chi connectivity index (χ2n) is 6.09. The molecule has 2 aromatic heterocycles. The highest BCUT2D eigenvalue weighted by Crippen LogP contribution is 2.23. The van der Waals surface area contributed by atoms with Crippen LogP contribution in [0.25, 0.3) is 34.0 Å². The van der Waals surface area contributed by atoms with E-state index in [0.29, 0.717) is 22.5 Å². The molecule has 27 heavy (non-hydrogen) atoms. The van der Waals surface area contributed by atoms with Gasteiger partial charge in [0.1, 0.15) is 23.0 Å². The van der Waals surface area contributed by atoms with Crippen LogP contribution < -0.4 is 11.5 Å². The largest absolute Gasteiger partial charge is 0.457 e. The number of hydrogen-bond acceptors (Lipinski definition) is 3. The molecule has 2 aromatic carbocycles. The van der Waals surface area contributed by atoms with Crippen LogP contribution in [0, 0.1) is 10.8 Å². The van der Waals surface area contributed by atoms with Crippen LogP contribution >= 0.6 is 12.4 Å². The lowest BCUT2D eigenvalue weighted by Crippen LogP contribution is -2.10. The maximum Gasteiger partial charge on any atom is 0.135 e. The molecule has 0 aliphatic rings. The van der Waals surface area contributed by atoms with Crippen LogP contribution in [0.15, 0.2) is 52.9 Å². The fourth-order valence-corrected chi connectivity index (χ4v) is 2.89. The number of nitrogens with two attached hydrogens (primary N) is 2. The molecule has 6 nitrogen and oxygen atoms in total. The van der Waals surface area contributed by atoms with Crippen molar-refractivity contribution in [2.75, 3.05) is 0 Å². The average molecular weight is 380 g/mol. The second-order valence-corrected chi connectivity index (χ2v) is 6.09. The topological polar surface area (TPSA) is 129 Å². The molecule has 7 N–H and O–H groups in total. The van der Waals surface area contributed by atoms with Crippen LogP contribution in [-0.4, -0.2) is 16.7 Å². The molecular weight excluding hydrogens is 362 g/mol. The van der Waals surface area contributed by atoms with Crippen LogP contribution in [0.3, 0.4) is 0 Å². The molecule has 2 heterocycles. The number of fused-ring (bicyclic) bond motifs is 2. The summed E-state index contributed by atoms with van der Waals surface area (Å²) in [4.78, 5) is 3.31. The Morgan fingerprint density at radius 3 is 2.30 bits per heavy atom. The van der Waals surface area contributed by atoms with Gasteiger partial charge in [-0.25, -0.2) is 0 Å². The van der Waals surface area contributed by atoms with Gasteiger partial charge in [0.2, 0.25) is 0 Å². The maximum atomic E-state index is 7.53. The van der Waals surface area contributed by atoms with Crippen LogP contribution in [0.5, 0.6) is 0 Å². The number of amidine groups is 2. The zero-order valence-corrected chi connectivity index (χ0v) is 15.1. The monoisotopic (exact) mass is 379 g/mol. The van der Waals surface area contributed by atoms with Gasteiger partial charge in [-0.05, 0) is 48.6 Å². The first-order valence-electron chi connectivity index (χ1n) is 8.03. The smallest absolute Gasteiger partial charge is 0.135 e. The third-order valence-corrected chi connectivity index (χ3v) is 4.23. The van der Waals surface area contributed by atoms with Gasteiger partial charge in [-0.1, -0.05) is 12.1 Å². The van der Waals surface area contributed by atoms with Gasteiger partial charge in [-0.15, -0.1) is 12.4 Å². The Kier molecular flexibility index (Phi) is 4.75. The molecule has 0 bridgehead atoms. The molecule has 0 atom stereocenters. The number of nitrogen functional groups attached to an aromatic ring is 2. The molecule has 7 heteroatoms. The quantitative estimate of drug-likeness (QED) is 0.270. The van der Waals surface area contributed by atoms with E-state index < -0.39 is 0 Å². The molecule has 136 valence electrons. The van der Waals surface area contributed by atoms with Gasteiger partial charge in [0.15, 0.2) is 0 Å². The Bertz CT molecular complexity index is 1110.